The largest absolute Gasteiger partial charge is 0.468 e. The molecule has 87 heavy (non-hydrogen) atoms. The van der Waals surface area contributed by atoms with Crippen molar-refractivity contribution in [1.82, 2.24) is 51.1 Å². The summed E-state index contributed by atoms with van der Waals surface area (Å²) in [5.41, 5.74) is 1.07. The summed E-state index contributed by atoms with van der Waals surface area (Å²) in [5, 5.41) is 21.8. The number of sulfonamides is 2. The molecule has 26 nitrogen and oxygen atoms in total. The van der Waals surface area contributed by atoms with Gasteiger partial charge in [-0.2, -0.15) is 9.82 Å². The SMILES string of the molecule is COC(=O)C(CNC(=O)c1ccc2c(cnn2CCCNC2=NCCCN2)c1)NS(=O)(=O)c1ccc(-c2ccc(S(=O)(=O)NCCNC(=O)C(CCC(=O)OC(C)(C)C)NC(=O)C(CCC(=O)OC(C)(C)C)NC(=O)OCc3ccccc3)cc2)cc1. The zero-order valence-electron chi connectivity index (χ0n) is 49.7. The number of hydrogen-bond acceptors (Lipinski definition) is 19. The highest BCUT2D eigenvalue weighted by molar-refractivity contribution is 7.89. The highest BCUT2D eigenvalue weighted by atomic mass is 32.2. The molecule has 4 amide bonds. The standard InChI is InChI=1S/C59H77N11O15S2/c1-58(2,3)84-50(71)27-24-46(67-54(75)47(25-28-51(72)85-59(4,5)6)68-57(77)83-38-39-13-9-8-10-14-39)53(74)60-32-33-66-86(78,79)44-20-15-40(16-21-44)41-17-22-45(23-18-41)87(80,81)69-48(55(76)82-7)37-64-52(73)42-19-26-49-43(35-42)36-65-70(49)34-12-31-63-56-61-29-11-30-62-56/h8-10,13-23,26,35-36,46-48,66,69H,11-12,24-25,27-34,37-38H2,1-7H3,(H,60,74)(H,64,73)(H,67,75)(H,68,77)(H2,61,62,63). The molecule has 0 saturated heterocycles. The zero-order chi connectivity index (χ0) is 63.4. The molecule has 4 aromatic carbocycles. The monoisotopic (exact) mass is 1240 g/mol. The quantitative estimate of drug-likeness (QED) is 0.0192. The average molecular weight is 1240 g/mol. The number of fused-ring (bicyclic) bond motifs is 1. The molecule has 0 spiro atoms. The normalized spacial score (nSPS) is 13.8. The molecule has 2 heterocycles. The van der Waals surface area contributed by atoms with Crippen LogP contribution >= 0.6 is 0 Å². The predicted molar refractivity (Wildman–Crippen MR) is 321 cm³/mol. The number of ether oxygens (including phenoxy) is 4. The number of methoxy groups -OCH3 is 1. The number of benzene rings is 4. The maximum absolute atomic E-state index is 13.9. The summed E-state index contributed by atoms with van der Waals surface area (Å²) in [7, 11) is -7.46. The van der Waals surface area contributed by atoms with E-state index in [1.807, 2.05) is 4.68 Å². The van der Waals surface area contributed by atoms with E-state index in [0.29, 0.717) is 35.2 Å². The number of aryl methyl sites for hydroxylation is 1. The third kappa shape index (κ3) is 22.1. The minimum absolute atomic E-state index is 0.132. The van der Waals surface area contributed by atoms with Crippen molar-refractivity contribution in [1.29, 1.82) is 0 Å². The van der Waals surface area contributed by atoms with Crippen molar-refractivity contribution in [3.8, 4) is 11.1 Å². The highest BCUT2D eigenvalue weighted by Gasteiger charge is 2.31. The van der Waals surface area contributed by atoms with E-state index in [4.69, 9.17) is 18.9 Å². The third-order valence-corrected chi connectivity index (χ3v) is 15.8. The van der Waals surface area contributed by atoms with Gasteiger partial charge in [-0.15, -0.1) is 0 Å². The summed E-state index contributed by atoms with van der Waals surface area (Å²) < 4.78 is 81.5. The predicted octanol–water partition coefficient (Wildman–Crippen LogP) is 3.70. The van der Waals surface area contributed by atoms with Gasteiger partial charge in [-0.05, 0) is 126 Å². The number of carbonyl (C=O) groups excluding carboxylic acids is 7. The molecular formula is C59H77N11O15S2. The van der Waals surface area contributed by atoms with Crippen molar-refractivity contribution < 1.29 is 69.3 Å². The molecule has 0 saturated carbocycles. The summed E-state index contributed by atoms with van der Waals surface area (Å²) in [6.07, 6.45) is 1.29. The Kier molecular flexibility index (Phi) is 24.3. The van der Waals surface area contributed by atoms with Crippen LogP contribution in [0.3, 0.4) is 0 Å². The minimum atomic E-state index is -4.37. The van der Waals surface area contributed by atoms with E-state index in [2.05, 4.69) is 51.4 Å². The lowest BCUT2D eigenvalue weighted by atomic mass is 10.1. The van der Waals surface area contributed by atoms with Crippen LogP contribution < -0.4 is 41.3 Å². The van der Waals surface area contributed by atoms with Gasteiger partial charge in [0.1, 0.15) is 35.9 Å². The molecule has 1 aromatic heterocycles. The molecule has 6 rings (SSSR count). The first-order chi connectivity index (χ1) is 41.2. The van der Waals surface area contributed by atoms with E-state index in [1.165, 1.54) is 48.5 Å². The lowest BCUT2D eigenvalue weighted by molar-refractivity contribution is -0.156. The van der Waals surface area contributed by atoms with Crippen LogP contribution in [-0.4, -0.2) is 150 Å². The van der Waals surface area contributed by atoms with E-state index in [1.54, 1.807) is 96.3 Å². The smallest absolute Gasteiger partial charge is 0.408 e. The number of aliphatic imine (C=N–C) groups is 1. The fourth-order valence-corrected chi connectivity index (χ4v) is 10.8. The number of esters is 3. The maximum Gasteiger partial charge on any atom is 0.408 e. The molecule has 1 aliphatic heterocycles. The molecule has 0 radical (unpaired) electrons. The van der Waals surface area contributed by atoms with Crippen molar-refractivity contribution >= 4 is 78.6 Å². The Labute approximate surface area is 506 Å². The third-order valence-electron chi connectivity index (χ3n) is 12.8. The van der Waals surface area contributed by atoms with Gasteiger partial charge in [-0.1, -0.05) is 54.6 Å². The van der Waals surface area contributed by atoms with Crippen molar-refractivity contribution in [2.45, 2.75) is 132 Å². The number of aromatic nitrogens is 2. The van der Waals surface area contributed by atoms with Gasteiger partial charge in [0.15, 0.2) is 5.96 Å². The summed E-state index contributed by atoms with van der Waals surface area (Å²) in [6.45, 7) is 11.8. The molecule has 0 fully saturated rings. The Balaban J connectivity index is 1.02. The van der Waals surface area contributed by atoms with Gasteiger partial charge in [-0.25, -0.2) is 26.4 Å². The van der Waals surface area contributed by atoms with Crippen LogP contribution in [0.1, 0.15) is 96.0 Å². The molecule has 0 aliphatic carbocycles. The van der Waals surface area contributed by atoms with E-state index >= 15 is 0 Å². The molecule has 5 aromatic rings. The number of guanidine groups is 1. The van der Waals surface area contributed by atoms with Crippen LogP contribution in [0.25, 0.3) is 22.0 Å². The van der Waals surface area contributed by atoms with Gasteiger partial charge < -0.3 is 50.8 Å². The topological polar surface area (TPSA) is 351 Å². The lowest BCUT2D eigenvalue weighted by Crippen LogP contribution is -2.54. The van der Waals surface area contributed by atoms with Gasteiger partial charge in [-0.3, -0.25) is 38.4 Å². The Morgan fingerprint density at radius 1 is 0.690 bits per heavy atom. The fraction of sp³-hybridized carbons (Fsp3) is 0.441. The lowest BCUT2D eigenvalue weighted by Gasteiger charge is -2.24. The van der Waals surface area contributed by atoms with Crippen LogP contribution in [0.5, 0.6) is 0 Å². The molecule has 470 valence electrons. The molecule has 8 N–H and O–H groups in total. The Bertz CT molecular complexity index is 3460. The first kappa shape index (κ1) is 67.7. The Morgan fingerprint density at radius 3 is 1.89 bits per heavy atom. The second-order valence-electron chi connectivity index (χ2n) is 22.1. The van der Waals surface area contributed by atoms with Crippen molar-refractivity contribution in [2.24, 2.45) is 4.99 Å². The van der Waals surface area contributed by atoms with Crippen LogP contribution in [0.4, 0.5) is 4.79 Å². The van der Waals surface area contributed by atoms with E-state index in [0.717, 1.165) is 44.5 Å². The Hall–Kier alpha value is -8.47. The van der Waals surface area contributed by atoms with Crippen molar-refractivity contribution in [2.75, 3.05) is 46.4 Å². The number of alkyl carbamates (subject to hydrolysis) is 1. The molecule has 1 aliphatic rings. The van der Waals surface area contributed by atoms with E-state index in [9.17, 15) is 50.4 Å². The number of nitrogens with one attached hydrogen (secondary N) is 8. The number of rotatable bonds is 29. The maximum atomic E-state index is 13.9. The van der Waals surface area contributed by atoms with E-state index in [-0.39, 0.29) is 60.7 Å². The van der Waals surface area contributed by atoms with Crippen LogP contribution in [0.15, 0.2) is 118 Å². The minimum Gasteiger partial charge on any atom is -0.468 e. The number of amides is 4. The molecule has 3 unspecified atom stereocenters. The summed E-state index contributed by atoms with van der Waals surface area (Å²) in [6, 6.07) is 20.6. The van der Waals surface area contributed by atoms with Crippen LogP contribution in [0, 0.1) is 0 Å². The van der Waals surface area contributed by atoms with Crippen LogP contribution in [0.2, 0.25) is 0 Å². The summed E-state index contributed by atoms with van der Waals surface area (Å²) >= 11 is 0. The van der Waals surface area contributed by atoms with Crippen molar-refractivity contribution in [3.63, 3.8) is 0 Å². The summed E-state index contributed by atoms with van der Waals surface area (Å²) in [5.74, 6) is -3.74. The fourth-order valence-electron chi connectivity index (χ4n) is 8.62. The number of nitrogens with zero attached hydrogens (tertiary/aromatic N) is 3. The highest BCUT2D eigenvalue weighted by Crippen LogP contribution is 2.24. The van der Waals surface area contributed by atoms with Gasteiger partial charge in [0.25, 0.3) is 5.91 Å². The van der Waals surface area contributed by atoms with Gasteiger partial charge in [0.05, 0.1) is 28.6 Å². The molecule has 28 heteroatoms. The molecular weight excluding hydrogens is 1170 g/mol. The first-order valence-corrected chi connectivity index (χ1v) is 31.2. The second kappa shape index (κ2) is 31.3. The van der Waals surface area contributed by atoms with Gasteiger partial charge in [0.2, 0.25) is 31.9 Å². The van der Waals surface area contributed by atoms with E-state index < -0.39 is 97.6 Å². The van der Waals surface area contributed by atoms with Gasteiger partial charge >= 0.3 is 24.0 Å². The first-order valence-electron chi connectivity index (χ1n) is 28.2. The average Bonchev–Trinajstić information content (AvgIpc) is 3.07. The molecule has 0 bridgehead atoms. The zero-order valence-corrected chi connectivity index (χ0v) is 51.4. The second-order valence-corrected chi connectivity index (χ2v) is 25.6. The molecule has 3 atom stereocenters. The van der Waals surface area contributed by atoms with Crippen LogP contribution in [-0.2, 0) is 76.1 Å². The Morgan fingerprint density at radius 2 is 1.30 bits per heavy atom. The van der Waals surface area contributed by atoms with Crippen molar-refractivity contribution in [3.05, 3.63) is 114 Å². The number of hydrogen-bond donors (Lipinski definition) is 8. The summed E-state index contributed by atoms with van der Waals surface area (Å²) in [4.78, 5) is 96.1. The number of carbonyl (C=O) groups is 7. The van der Waals surface area contributed by atoms with Gasteiger partial charge in [0, 0.05) is 69.6 Å².